The monoisotopic (exact) mass is 398 g/mol. The molecule has 0 bridgehead atoms. The maximum Gasteiger partial charge on any atom is 0.106 e. The maximum atomic E-state index is 15.0. The summed E-state index contributed by atoms with van der Waals surface area (Å²) in [7, 11) is 0. The van der Waals surface area contributed by atoms with Crippen molar-refractivity contribution in [3.8, 4) is 0 Å². The van der Waals surface area contributed by atoms with E-state index in [9.17, 15) is 5.26 Å². The first-order chi connectivity index (χ1) is 13.7. The van der Waals surface area contributed by atoms with E-state index < -0.39 is 6.17 Å². The molecule has 1 N–H and O–H groups in total. The van der Waals surface area contributed by atoms with Crippen LogP contribution in [0.2, 0.25) is 0 Å². The van der Waals surface area contributed by atoms with Crippen LogP contribution in [0.4, 0.5) is 4.39 Å². The second kappa shape index (κ2) is 14.0. The van der Waals surface area contributed by atoms with Crippen molar-refractivity contribution in [2.45, 2.75) is 135 Å². The van der Waals surface area contributed by atoms with Gasteiger partial charge in [0.15, 0.2) is 0 Å². The van der Waals surface area contributed by atoms with Crippen LogP contribution in [0.15, 0.2) is 0 Å². The maximum absolute atomic E-state index is 15.0. The molecule has 2 saturated carbocycles. The van der Waals surface area contributed by atoms with Gasteiger partial charge in [0.2, 0.25) is 0 Å². The highest BCUT2D eigenvalue weighted by molar-refractivity contribution is 4.89. The van der Waals surface area contributed by atoms with Crippen LogP contribution in [-0.2, 0) is 4.89 Å². The summed E-state index contributed by atoms with van der Waals surface area (Å²) in [6, 6.07) is 0. The van der Waals surface area contributed by atoms with Crippen LogP contribution < -0.4 is 0 Å². The van der Waals surface area contributed by atoms with Gasteiger partial charge in [-0.1, -0.05) is 90.9 Å². The van der Waals surface area contributed by atoms with Crippen molar-refractivity contribution in [3.05, 3.63) is 0 Å². The first-order valence-electron chi connectivity index (χ1n) is 12.6. The summed E-state index contributed by atoms with van der Waals surface area (Å²) in [5.41, 5.74) is 0. The standard InChI is InChI=1S/C25H47FO2/c1-3-5-7-8-10-12-21-15-18-23(24(26)19-21)25(28-27)22-16-13-20(14-17-22)11-9-6-4-2/h20-25,27H,3-19H2,1-2H3. The normalized spacial score (nSPS) is 32.4. The van der Waals surface area contributed by atoms with E-state index in [0.717, 1.165) is 31.6 Å². The summed E-state index contributed by atoms with van der Waals surface area (Å²) >= 11 is 0. The van der Waals surface area contributed by atoms with Gasteiger partial charge in [0, 0.05) is 5.92 Å². The number of hydrogen-bond donors (Lipinski definition) is 1. The van der Waals surface area contributed by atoms with Crippen LogP contribution in [0.25, 0.3) is 0 Å². The lowest BCUT2D eigenvalue weighted by Crippen LogP contribution is -2.41. The molecule has 0 spiro atoms. The molecule has 0 aliphatic heterocycles. The summed E-state index contributed by atoms with van der Waals surface area (Å²) in [6.07, 6.45) is 19.3. The Balaban J connectivity index is 1.71. The number of alkyl halides is 1. The lowest BCUT2D eigenvalue weighted by atomic mass is 9.69. The van der Waals surface area contributed by atoms with Crippen LogP contribution in [0.1, 0.15) is 123 Å². The van der Waals surface area contributed by atoms with Gasteiger partial charge in [-0.05, 0) is 49.9 Å². The third-order valence-corrected chi connectivity index (χ3v) is 7.76. The Morgan fingerprint density at radius 2 is 1.36 bits per heavy atom. The smallest absolute Gasteiger partial charge is 0.106 e. The van der Waals surface area contributed by atoms with Crippen molar-refractivity contribution in [2.24, 2.45) is 23.7 Å². The van der Waals surface area contributed by atoms with E-state index in [1.54, 1.807) is 0 Å². The highest BCUT2D eigenvalue weighted by Gasteiger charge is 2.41. The van der Waals surface area contributed by atoms with Crippen LogP contribution in [-0.4, -0.2) is 17.5 Å². The molecule has 4 atom stereocenters. The third kappa shape index (κ3) is 7.94. The van der Waals surface area contributed by atoms with Gasteiger partial charge in [-0.3, -0.25) is 5.26 Å². The lowest BCUT2D eigenvalue weighted by Gasteiger charge is -2.40. The molecule has 3 heteroatoms. The Kier molecular flexibility index (Phi) is 12.0. The summed E-state index contributed by atoms with van der Waals surface area (Å²) in [5.74, 6) is 1.64. The topological polar surface area (TPSA) is 29.5 Å². The molecule has 0 aromatic heterocycles. The average Bonchev–Trinajstić information content (AvgIpc) is 2.71. The van der Waals surface area contributed by atoms with E-state index in [-0.39, 0.29) is 12.0 Å². The molecule has 2 nitrogen and oxygen atoms in total. The molecule has 4 unspecified atom stereocenters. The molecule has 0 aromatic carbocycles. The largest absolute Gasteiger partial charge is 0.252 e. The van der Waals surface area contributed by atoms with Crippen LogP contribution in [0.3, 0.4) is 0 Å². The quantitative estimate of drug-likeness (QED) is 0.192. The van der Waals surface area contributed by atoms with E-state index in [1.165, 1.54) is 77.0 Å². The zero-order chi connectivity index (χ0) is 20.2. The first kappa shape index (κ1) is 24.1. The van der Waals surface area contributed by atoms with E-state index in [4.69, 9.17) is 4.89 Å². The van der Waals surface area contributed by atoms with Crippen molar-refractivity contribution >= 4 is 0 Å². The second-order valence-electron chi connectivity index (χ2n) is 9.91. The van der Waals surface area contributed by atoms with Crippen molar-refractivity contribution in [1.29, 1.82) is 0 Å². The molecule has 0 amide bonds. The molecule has 0 saturated heterocycles. The Morgan fingerprint density at radius 3 is 2.00 bits per heavy atom. The van der Waals surface area contributed by atoms with Gasteiger partial charge in [0.25, 0.3) is 0 Å². The second-order valence-corrected chi connectivity index (χ2v) is 9.91. The van der Waals surface area contributed by atoms with Gasteiger partial charge in [-0.2, -0.15) is 0 Å². The summed E-state index contributed by atoms with van der Waals surface area (Å²) < 4.78 is 15.0. The van der Waals surface area contributed by atoms with Gasteiger partial charge in [0.05, 0.1) is 0 Å². The lowest BCUT2D eigenvalue weighted by molar-refractivity contribution is -0.310. The minimum Gasteiger partial charge on any atom is -0.252 e. The zero-order valence-electron chi connectivity index (χ0n) is 18.7. The minimum absolute atomic E-state index is 0.0945. The van der Waals surface area contributed by atoms with Crippen LogP contribution in [0, 0.1) is 23.7 Å². The van der Waals surface area contributed by atoms with E-state index in [0.29, 0.717) is 18.3 Å². The fraction of sp³-hybridized carbons (Fsp3) is 1.00. The molecule has 28 heavy (non-hydrogen) atoms. The molecular weight excluding hydrogens is 351 g/mol. The summed E-state index contributed by atoms with van der Waals surface area (Å²) in [6.45, 7) is 4.50. The minimum atomic E-state index is -0.797. The molecule has 2 rings (SSSR count). The molecule has 166 valence electrons. The van der Waals surface area contributed by atoms with Crippen molar-refractivity contribution < 1.29 is 14.5 Å². The Hall–Kier alpha value is -0.150. The predicted octanol–water partition coefficient (Wildman–Crippen LogP) is 8.35. The average molecular weight is 399 g/mol. The van der Waals surface area contributed by atoms with Crippen molar-refractivity contribution in [3.63, 3.8) is 0 Å². The molecule has 2 fully saturated rings. The summed E-state index contributed by atoms with van der Waals surface area (Å²) in [4.78, 5) is 4.95. The fourth-order valence-electron chi connectivity index (χ4n) is 5.89. The Labute approximate surface area is 173 Å². The van der Waals surface area contributed by atoms with E-state index in [2.05, 4.69) is 13.8 Å². The molecule has 2 aliphatic rings. The zero-order valence-corrected chi connectivity index (χ0v) is 18.7. The van der Waals surface area contributed by atoms with Crippen LogP contribution >= 0.6 is 0 Å². The molecular formula is C25H47FO2. The number of hydrogen-bond acceptors (Lipinski definition) is 2. The van der Waals surface area contributed by atoms with Gasteiger partial charge in [-0.15, -0.1) is 0 Å². The van der Waals surface area contributed by atoms with Crippen LogP contribution in [0.5, 0.6) is 0 Å². The molecule has 0 radical (unpaired) electrons. The van der Waals surface area contributed by atoms with Gasteiger partial charge >= 0.3 is 0 Å². The Bertz CT molecular complexity index is 381. The SMILES string of the molecule is CCCCCCCC1CCC(C(OO)C2CCC(CCCCC)CC2)C(F)C1. The molecule has 0 aromatic rings. The first-order valence-corrected chi connectivity index (χ1v) is 12.6. The van der Waals surface area contributed by atoms with Crippen molar-refractivity contribution in [1.82, 2.24) is 0 Å². The Morgan fingerprint density at radius 1 is 0.786 bits per heavy atom. The van der Waals surface area contributed by atoms with Gasteiger partial charge < -0.3 is 0 Å². The van der Waals surface area contributed by atoms with Crippen molar-refractivity contribution in [2.75, 3.05) is 0 Å². The fourth-order valence-corrected chi connectivity index (χ4v) is 5.89. The van der Waals surface area contributed by atoms with Gasteiger partial charge in [0.1, 0.15) is 12.3 Å². The predicted molar refractivity (Wildman–Crippen MR) is 116 cm³/mol. The number of rotatable bonds is 13. The molecule has 2 aliphatic carbocycles. The molecule has 0 heterocycles. The third-order valence-electron chi connectivity index (χ3n) is 7.76. The van der Waals surface area contributed by atoms with Gasteiger partial charge in [-0.25, -0.2) is 9.28 Å². The number of halogens is 1. The number of unbranched alkanes of at least 4 members (excludes halogenated alkanes) is 6. The van der Waals surface area contributed by atoms with E-state index >= 15 is 4.39 Å². The van der Waals surface area contributed by atoms with E-state index in [1.807, 2.05) is 0 Å². The highest BCUT2D eigenvalue weighted by atomic mass is 19.1. The highest BCUT2D eigenvalue weighted by Crippen LogP contribution is 2.42. The summed E-state index contributed by atoms with van der Waals surface area (Å²) in [5, 5.41) is 9.61.